The molecule has 3 N–H and O–H groups in total. The summed E-state index contributed by atoms with van der Waals surface area (Å²) >= 11 is 0. The highest BCUT2D eigenvalue weighted by Crippen LogP contribution is 2.33. The number of sulfonamides is 2. The van der Waals surface area contributed by atoms with Crippen molar-refractivity contribution in [1.82, 2.24) is 14.7 Å². The molecule has 1 aromatic heterocycles. The number of para-hydroxylation sites is 1. The van der Waals surface area contributed by atoms with Crippen LogP contribution in [0, 0.1) is 0 Å². The second-order valence-electron chi connectivity index (χ2n) is 7.30. The van der Waals surface area contributed by atoms with Crippen LogP contribution in [0.5, 0.6) is 5.88 Å². The van der Waals surface area contributed by atoms with Gasteiger partial charge in [0.2, 0.25) is 15.9 Å². The maximum Gasteiger partial charge on any atom is 0.344 e. The number of carbonyl (C=O) groups is 1. The zero-order valence-electron chi connectivity index (χ0n) is 17.9. The van der Waals surface area contributed by atoms with Crippen LogP contribution >= 0.6 is 0 Å². The fourth-order valence-corrected chi connectivity index (χ4v) is 5.32. The minimum absolute atomic E-state index is 0.0212. The quantitative estimate of drug-likeness (QED) is 0.461. The van der Waals surface area contributed by atoms with Crippen molar-refractivity contribution in [2.45, 2.75) is 11.8 Å². The van der Waals surface area contributed by atoms with Gasteiger partial charge in [0.1, 0.15) is 16.2 Å². The normalized spacial score (nSPS) is 14.4. The topological polar surface area (TPSA) is 169 Å². The van der Waals surface area contributed by atoms with Crippen molar-refractivity contribution >= 4 is 37.5 Å². The number of aromatic nitrogens is 2. The lowest BCUT2D eigenvalue weighted by Gasteiger charge is -2.11. The zero-order valence-corrected chi connectivity index (χ0v) is 19.5. The number of nitrogens with one attached hydrogen (secondary N) is 2. The summed E-state index contributed by atoms with van der Waals surface area (Å²) in [6.45, 7) is 1.85. The van der Waals surface area contributed by atoms with Gasteiger partial charge < -0.3 is 10.4 Å². The lowest BCUT2D eigenvalue weighted by molar-refractivity contribution is 0.234. The number of aromatic hydroxyl groups is 1. The van der Waals surface area contributed by atoms with E-state index in [4.69, 9.17) is 0 Å². The van der Waals surface area contributed by atoms with Gasteiger partial charge in [0.25, 0.3) is 15.6 Å². The number of amides is 1. The molecule has 2 aromatic carbocycles. The van der Waals surface area contributed by atoms with Crippen LogP contribution in [-0.2, 0) is 20.0 Å². The molecule has 2 heterocycles. The lowest BCUT2D eigenvalue weighted by Crippen LogP contribution is -2.34. The molecular weight excluding hydrogens is 486 g/mol. The van der Waals surface area contributed by atoms with Crippen molar-refractivity contribution < 1.29 is 26.7 Å². The van der Waals surface area contributed by atoms with E-state index in [1.165, 1.54) is 24.3 Å². The summed E-state index contributed by atoms with van der Waals surface area (Å²) in [6.07, 6.45) is 0.908. The monoisotopic (exact) mass is 505 g/mol. The van der Waals surface area contributed by atoms with Crippen LogP contribution in [0.3, 0.4) is 0 Å². The number of carbonyl (C=O) groups excluding carboxylic acids is 1. The standard InChI is InChI=1S/C20H19N5O7S2/c1-3-21-20(28)25-19(27)16(18(26)24(25)13-7-5-4-6-8-13)17-14-10-9-12(22-33(2,29)30)11-15(14)34(31,32)23-17/h4-11,22,27H,3H2,1-2H3,(H,21,28). The van der Waals surface area contributed by atoms with E-state index in [9.17, 15) is 31.5 Å². The van der Waals surface area contributed by atoms with Gasteiger partial charge in [0.05, 0.1) is 11.9 Å². The number of benzene rings is 2. The van der Waals surface area contributed by atoms with E-state index >= 15 is 0 Å². The molecule has 1 aliphatic heterocycles. The van der Waals surface area contributed by atoms with Gasteiger partial charge in [-0.3, -0.25) is 9.52 Å². The van der Waals surface area contributed by atoms with Gasteiger partial charge in [0, 0.05) is 17.8 Å². The molecule has 0 bridgehead atoms. The molecule has 0 unspecified atom stereocenters. The summed E-state index contributed by atoms with van der Waals surface area (Å²) in [5, 5.41) is 13.4. The Morgan fingerprint density at radius 1 is 1.15 bits per heavy atom. The summed E-state index contributed by atoms with van der Waals surface area (Å²) in [5.74, 6) is -0.806. The highest BCUT2D eigenvalue weighted by Gasteiger charge is 2.36. The first-order valence-corrected chi connectivity index (χ1v) is 13.2. The van der Waals surface area contributed by atoms with Crippen LogP contribution in [0.25, 0.3) is 5.69 Å². The number of hydrogen-bond donors (Lipinski definition) is 3. The van der Waals surface area contributed by atoms with E-state index < -0.39 is 43.1 Å². The average Bonchev–Trinajstić information content (AvgIpc) is 3.16. The molecule has 12 nitrogen and oxygen atoms in total. The number of anilines is 1. The second-order valence-corrected chi connectivity index (χ2v) is 10.6. The van der Waals surface area contributed by atoms with Crippen LogP contribution in [0.15, 0.2) is 62.6 Å². The number of nitrogens with zero attached hydrogens (tertiary/aromatic N) is 3. The second kappa shape index (κ2) is 8.14. The summed E-state index contributed by atoms with van der Waals surface area (Å²) in [6, 6.07) is 10.8. The lowest BCUT2D eigenvalue weighted by atomic mass is 10.0. The molecule has 0 spiro atoms. The number of hydrogen-bond acceptors (Lipinski definition) is 7. The Kier molecular flexibility index (Phi) is 5.57. The molecule has 14 heteroatoms. The van der Waals surface area contributed by atoms with Crippen LogP contribution in [0.2, 0.25) is 0 Å². The largest absolute Gasteiger partial charge is 0.493 e. The maximum absolute atomic E-state index is 13.4. The molecule has 1 aliphatic rings. The summed E-state index contributed by atoms with van der Waals surface area (Å²) in [7, 11) is -8.01. The Bertz CT molecular complexity index is 1620. The molecule has 0 atom stereocenters. The van der Waals surface area contributed by atoms with Crippen LogP contribution in [-0.4, -0.2) is 55.8 Å². The Hall–Kier alpha value is -3.91. The fraction of sp³-hybridized carbons (Fsp3) is 0.150. The third-order valence-corrected chi connectivity index (χ3v) is 6.74. The first-order chi connectivity index (χ1) is 15.9. The van der Waals surface area contributed by atoms with E-state index in [2.05, 4.69) is 14.4 Å². The molecule has 0 saturated carbocycles. The Morgan fingerprint density at radius 2 is 1.82 bits per heavy atom. The van der Waals surface area contributed by atoms with Gasteiger partial charge in [0.15, 0.2) is 0 Å². The summed E-state index contributed by atoms with van der Waals surface area (Å²) < 4.78 is 56.0. The van der Waals surface area contributed by atoms with Crippen molar-refractivity contribution in [3.8, 4) is 11.6 Å². The maximum atomic E-state index is 13.4. The summed E-state index contributed by atoms with van der Waals surface area (Å²) in [5.41, 5.74) is -1.55. The highest BCUT2D eigenvalue weighted by atomic mass is 32.2. The van der Waals surface area contributed by atoms with E-state index in [0.29, 0.717) is 4.68 Å². The van der Waals surface area contributed by atoms with Crippen molar-refractivity contribution in [3.05, 3.63) is 70.0 Å². The molecule has 0 radical (unpaired) electrons. The van der Waals surface area contributed by atoms with E-state index in [-0.39, 0.29) is 34.1 Å². The number of fused-ring (bicyclic) bond motifs is 1. The molecule has 0 saturated heterocycles. The van der Waals surface area contributed by atoms with Crippen molar-refractivity contribution in [2.24, 2.45) is 4.40 Å². The predicted octanol–water partition coefficient (Wildman–Crippen LogP) is 0.833. The first-order valence-electron chi connectivity index (χ1n) is 9.83. The minimum atomic E-state index is -4.33. The van der Waals surface area contributed by atoms with E-state index in [1.807, 2.05) is 0 Å². The zero-order chi connectivity index (χ0) is 24.8. The van der Waals surface area contributed by atoms with Gasteiger partial charge >= 0.3 is 6.03 Å². The SMILES string of the molecule is CCNC(=O)n1c(O)c(C2=NS(=O)(=O)c3cc(NS(C)(=O)=O)ccc32)c(=O)n1-c1ccccc1. The van der Waals surface area contributed by atoms with Gasteiger partial charge in [-0.2, -0.15) is 17.5 Å². The smallest absolute Gasteiger partial charge is 0.344 e. The van der Waals surface area contributed by atoms with Crippen LogP contribution in [0.1, 0.15) is 18.1 Å². The molecule has 178 valence electrons. The highest BCUT2D eigenvalue weighted by molar-refractivity contribution is 7.92. The van der Waals surface area contributed by atoms with Gasteiger partial charge in [-0.15, -0.1) is 0 Å². The van der Waals surface area contributed by atoms with Crippen molar-refractivity contribution in [2.75, 3.05) is 17.5 Å². The third kappa shape index (κ3) is 3.97. The van der Waals surface area contributed by atoms with Crippen LogP contribution < -0.4 is 15.6 Å². The Balaban J connectivity index is 1.97. The first kappa shape index (κ1) is 23.3. The van der Waals surface area contributed by atoms with Gasteiger partial charge in [-0.05, 0) is 37.3 Å². The molecule has 0 aliphatic carbocycles. The molecule has 4 rings (SSSR count). The molecule has 1 amide bonds. The van der Waals surface area contributed by atoms with E-state index in [1.54, 1.807) is 25.1 Å². The molecule has 34 heavy (non-hydrogen) atoms. The fourth-order valence-electron chi connectivity index (χ4n) is 3.52. The van der Waals surface area contributed by atoms with Crippen molar-refractivity contribution in [1.29, 1.82) is 0 Å². The number of rotatable bonds is 5. The molecule has 0 fully saturated rings. The van der Waals surface area contributed by atoms with E-state index in [0.717, 1.165) is 17.0 Å². The van der Waals surface area contributed by atoms with Gasteiger partial charge in [-0.25, -0.2) is 17.9 Å². The minimum Gasteiger partial charge on any atom is -0.493 e. The van der Waals surface area contributed by atoms with Crippen LogP contribution in [0.4, 0.5) is 10.5 Å². The summed E-state index contributed by atoms with van der Waals surface area (Å²) in [4.78, 5) is 25.8. The van der Waals surface area contributed by atoms with Gasteiger partial charge in [-0.1, -0.05) is 18.2 Å². The molecular formula is C20H19N5O7S2. The third-order valence-electron chi connectivity index (χ3n) is 4.82. The Morgan fingerprint density at radius 3 is 2.44 bits per heavy atom. The molecule has 3 aromatic rings. The average molecular weight is 506 g/mol. The Labute approximate surface area is 194 Å². The predicted molar refractivity (Wildman–Crippen MR) is 124 cm³/mol. The van der Waals surface area contributed by atoms with Crippen molar-refractivity contribution in [3.63, 3.8) is 0 Å².